The number of rotatable bonds is 2. The molecule has 6 nitrogen and oxygen atoms in total. The van der Waals surface area contributed by atoms with Gasteiger partial charge in [-0.1, -0.05) is 19.1 Å². The fourth-order valence-electron chi connectivity index (χ4n) is 2.82. The number of urea groups is 1. The fraction of sp³-hybridized carbons (Fsp3) is 0.412. The lowest BCUT2D eigenvalue weighted by Gasteiger charge is -2.34. The first kappa shape index (κ1) is 15.6. The number of nitrogens with one attached hydrogen (secondary N) is 1. The number of hydrogen-bond acceptors (Lipinski definition) is 3. The summed E-state index contributed by atoms with van der Waals surface area (Å²) in [5, 5.41) is 12.8. The minimum Gasteiger partial charge on any atom is -0.391 e. The van der Waals surface area contributed by atoms with Crippen LogP contribution in [0.5, 0.6) is 0 Å². The lowest BCUT2D eigenvalue weighted by Crippen LogP contribution is -2.47. The van der Waals surface area contributed by atoms with Crippen LogP contribution in [0.1, 0.15) is 13.3 Å². The van der Waals surface area contributed by atoms with Gasteiger partial charge in [-0.3, -0.25) is 0 Å². The van der Waals surface area contributed by atoms with E-state index in [-0.39, 0.29) is 11.9 Å². The molecule has 2 atom stereocenters. The molecule has 2 heterocycles. The number of aromatic nitrogens is 2. The average Bonchev–Trinajstić information content (AvgIpc) is 2.96. The molecule has 2 N–H and O–H groups in total. The largest absolute Gasteiger partial charge is 0.391 e. The predicted octanol–water partition coefficient (Wildman–Crippen LogP) is 2.32. The molecule has 6 heteroatoms. The van der Waals surface area contributed by atoms with Crippen molar-refractivity contribution in [1.82, 2.24) is 14.5 Å². The molecule has 0 aliphatic carbocycles. The number of imidazole rings is 1. The lowest BCUT2D eigenvalue weighted by molar-refractivity contribution is 0.0464. The van der Waals surface area contributed by atoms with Gasteiger partial charge in [0.15, 0.2) is 0 Å². The molecule has 2 unspecified atom stereocenters. The second-order valence-electron chi connectivity index (χ2n) is 6.15. The van der Waals surface area contributed by atoms with Crippen LogP contribution in [-0.4, -0.2) is 44.8 Å². The molecule has 3 rings (SSSR count). The number of aryl methyl sites for hydroxylation is 1. The normalized spacial score (nSPS) is 21.3. The highest BCUT2D eigenvalue weighted by Crippen LogP contribution is 2.22. The van der Waals surface area contributed by atoms with Crippen molar-refractivity contribution in [2.45, 2.75) is 19.4 Å². The lowest BCUT2D eigenvalue weighted by atomic mass is 9.96. The molecule has 23 heavy (non-hydrogen) atoms. The summed E-state index contributed by atoms with van der Waals surface area (Å²) in [6.07, 6.45) is 4.00. The highest BCUT2D eigenvalue weighted by atomic mass is 16.3. The average molecular weight is 314 g/mol. The number of hydrogen-bond donors (Lipinski definition) is 2. The Kier molecular flexibility index (Phi) is 4.34. The van der Waals surface area contributed by atoms with Gasteiger partial charge in [-0.2, -0.15) is 0 Å². The molecule has 1 aromatic carbocycles. The summed E-state index contributed by atoms with van der Waals surface area (Å²) in [7, 11) is 1.93. The number of piperidine rings is 1. The Morgan fingerprint density at radius 1 is 1.43 bits per heavy atom. The molecule has 2 aromatic rings. The highest BCUT2D eigenvalue weighted by molar-refractivity contribution is 5.90. The van der Waals surface area contributed by atoms with Crippen LogP contribution in [0, 0.1) is 5.92 Å². The SMILES string of the molecule is CC1CCN(C(=O)Nc2cccc(-c3nccn3C)c2)CC1O. The minimum atomic E-state index is -0.451. The van der Waals surface area contributed by atoms with Crippen molar-refractivity contribution in [3.8, 4) is 11.4 Å². The van der Waals surface area contributed by atoms with Crippen LogP contribution in [0.25, 0.3) is 11.4 Å². The number of carbonyl (C=O) groups excluding carboxylic acids is 1. The molecule has 1 aromatic heterocycles. The van der Waals surface area contributed by atoms with Gasteiger partial charge in [0.1, 0.15) is 5.82 Å². The molecule has 2 amide bonds. The van der Waals surface area contributed by atoms with E-state index in [1.165, 1.54) is 0 Å². The van der Waals surface area contributed by atoms with Crippen LogP contribution in [0.15, 0.2) is 36.7 Å². The molecule has 1 aliphatic heterocycles. The van der Waals surface area contributed by atoms with E-state index in [0.717, 1.165) is 23.5 Å². The first-order chi connectivity index (χ1) is 11.0. The Hall–Kier alpha value is -2.34. The number of β-amino-alcohol motifs (C(OH)–C–C–N with tert-alkyl or cyclic N) is 1. The van der Waals surface area contributed by atoms with Gasteiger partial charge in [0.2, 0.25) is 0 Å². The quantitative estimate of drug-likeness (QED) is 0.893. The number of aliphatic hydroxyl groups excluding tert-OH is 1. The van der Waals surface area contributed by atoms with Gasteiger partial charge in [-0.25, -0.2) is 9.78 Å². The summed E-state index contributed by atoms with van der Waals surface area (Å²) in [4.78, 5) is 18.4. The Labute approximate surface area is 135 Å². The standard InChI is InChI=1S/C17H22N4O2/c1-12-6-8-21(11-15(12)22)17(23)19-14-5-3-4-13(10-14)16-18-7-9-20(16)2/h3-5,7,9-10,12,15,22H,6,8,11H2,1-2H3,(H,19,23). The first-order valence-corrected chi connectivity index (χ1v) is 7.86. The third-order valence-electron chi connectivity index (χ3n) is 4.40. The maximum Gasteiger partial charge on any atom is 0.321 e. The van der Waals surface area contributed by atoms with Crippen molar-refractivity contribution in [1.29, 1.82) is 0 Å². The third kappa shape index (κ3) is 3.37. The number of carbonyl (C=O) groups is 1. The monoisotopic (exact) mass is 314 g/mol. The zero-order valence-electron chi connectivity index (χ0n) is 13.4. The Morgan fingerprint density at radius 2 is 2.26 bits per heavy atom. The van der Waals surface area contributed by atoms with Gasteiger partial charge >= 0.3 is 6.03 Å². The van der Waals surface area contributed by atoms with E-state index in [2.05, 4.69) is 10.3 Å². The van der Waals surface area contributed by atoms with Gasteiger partial charge in [0, 0.05) is 43.8 Å². The van der Waals surface area contributed by atoms with Crippen LogP contribution < -0.4 is 5.32 Å². The van der Waals surface area contributed by atoms with E-state index in [1.807, 2.05) is 49.0 Å². The van der Waals surface area contributed by atoms with Gasteiger partial charge in [-0.15, -0.1) is 0 Å². The molecular formula is C17H22N4O2. The molecular weight excluding hydrogens is 292 g/mol. The topological polar surface area (TPSA) is 70.4 Å². The second-order valence-corrected chi connectivity index (χ2v) is 6.15. The molecule has 0 saturated carbocycles. The zero-order valence-corrected chi connectivity index (χ0v) is 13.4. The van der Waals surface area contributed by atoms with Crippen LogP contribution in [0.2, 0.25) is 0 Å². The maximum atomic E-state index is 12.4. The van der Waals surface area contributed by atoms with Crippen molar-refractivity contribution >= 4 is 11.7 Å². The van der Waals surface area contributed by atoms with Crippen molar-refractivity contribution in [2.24, 2.45) is 13.0 Å². The number of aliphatic hydroxyl groups is 1. The second kappa shape index (κ2) is 6.42. The molecule has 1 fully saturated rings. The molecule has 1 aliphatic rings. The van der Waals surface area contributed by atoms with Crippen molar-refractivity contribution in [3.05, 3.63) is 36.7 Å². The number of likely N-dealkylation sites (tertiary alicyclic amines) is 1. The van der Waals surface area contributed by atoms with Crippen LogP contribution >= 0.6 is 0 Å². The van der Waals surface area contributed by atoms with Crippen LogP contribution in [-0.2, 0) is 7.05 Å². The maximum absolute atomic E-state index is 12.4. The van der Waals surface area contributed by atoms with E-state index in [4.69, 9.17) is 0 Å². The molecule has 0 spiro atoms. The van der Waals surface area contributed by atoms with Crippen LogP contribution in [0.4, 0.5) is 10.5 Å². The van der Waals surface area contributed by atoms with E-state index < -0.39 is 6.10 Å². The summed E-state index contributed by atoms with van der Waals surface area (Å²) in [6, 6.07) is 7.45. The van der Waals surface area contributed by atoms with E-state index in [0.29, 0.717) is 13.1 Å². The van der Waals surface area contributed by atoms with Crippen molar-refractivity contribution < 1.29 is 9.90 Å². The van der Waals surface area contributed by atoms with E-state index >= 15 is 0 Å². The number of amides is 2. The summed E-state index contributed by atoms with van der Waals surface area (Å²) >= 11 is 0. The first-order valence-electron chi connectivity index (χ1n) is 7.86. The van der Waals surface area contributed by atoms with Crippen molar-refractivity contribution in [3.63, 3.8) is 0 Å². The highest BCUT2D eigenvalue weighted by Gasteiger charge is 2.27. The Balaban J connectivity index is 1.71. The smallest absolute Gasteiger partial charge is 0.321 e. The summed E-state index contributed by atoms with van der Waals surface area (Å²) in [5.74, 6) is 1.09. The number of anilines is 1. The third-order valence-corrected chi connectivity index (χ3v) is 4.40. The van der Waals surface area contributed by atoms with E-state index in [9.17, 15) is 9.90 Å². The Morgan fingerprint density at radius 3 is 2.96 bits per heavy atom. The molecule has 0 bridgehead atoms. The van der Waals surface area contributed by atoms with Gasteiger partial charge < -0.3 is 19.9 Å². The molecule has 0 radical (unpaired) electrons. The van der Waals surface area contributed by atoms with Gasteiger partial charge in [-0.05, 0) is 24.5 Å². The minimum absolute atomic E-state index is 0.173. The van der Waals surface area contributed by atoms with Crippen molar-refractivity contribution in [2.75, 3.05) is 18.4 Å². The number of nitrogens with zero attached hydrogens (tertiary/aromatic N) is 3. The van der Waals surface area contributed by atoms with E-state index in [1.54, 1.807) is 11.1 Å². The van der Waals surface area contributed by atoms with Gasteiger partial charge in [0.25, 0.3) is 0 Å². The van der Waals surface area contributed by atoms with Gasteiger partial charge in [0.05, 0.1) is 6.10 Å². The fourth-order valence-corrected chi connectivity index (χ4v) is 2.82. The Bertz CT molecular complexity index is 697. The number of benzene rings is 1. The molecule has 1 saturated heterocycles. The summed E-state index contributed by atoms with van der Waals surface area (Å²) in [6.45, 7) is 3.06. The summed E-state index contributed by atoms with van der Waals surface area (Å²) in [5.41, 5.74) is 1.67. The molecule has 122 valence electrons. The predicted molar refractivity (Wildman–Crippen MR) is 89.0 cm³/mol. The zero-order chi connectivity index (χ0) is 16.4. The summed E-state index contributed by atoms with van der Waals surface area (Å²) < 4.78 is 1.93. The van der Waals surface area contributed by atoms with Crippen LogP contribution in [0.3, 0.4) is 0 Å².